The highest BCUT2D eigenvalue weighted by Crippen LogP contribution is 2.20. The van der Waals surface area contributed by atoms with Crippen LogP contribution >= 0.6 is 0 Å². The zero-order valence-electron chi connectivity index (χ0n) is 13.9. The molecule has 24 heavy (non-hydrogen) atoms. The van der Waals surface area contributed by atoms with Gasteiger partial charge in [0.25, 0.3) is 0 Å². The van der Waals surface area contributed by atoms with Gasteiger partial charge in [0.1, 0.15) is 17.7 Å². The Hall–Kier alpha value is -2.28. The smallest absolute Gasteiger partial charge is 0.239 e. The van der Waals surface area contributed by atoms with Crippen molar-refractivity contribution in [3.05, 3.63) is 47.3 Å². The van der Waals surface area contributed by atoms with Crippen molar-refractivity contribution in [2.45, 2.75) is 51.2 Å². The zero-order valence-corrected chi connectivity index (χ0v) is 13.9. The zero-order chi connectivity index (χ0) is 17.3. The molecule has 7 heteroatoms. The van der Waals surface area contributed by atoms with Gasteiger partial charge >= 0.3 is 0 Å². The summed E-state index contributed by atoms with van der Waals surface area (Å²) in [5.41, 5.74) is 6.20. The lowest BCUT2D eigenvalue weighted by Crippen LogP contribution is -2.44. The van der Waals surface area contributed by atoms with E-state index in [0.717, 1.165) is 24.5 Å². The second-order valence-electron chi connectivity index (χ2n) is 6.51. The molecular weight excluding hydrogens is 309 g/mol. The van der Waals surface area contributed by atoms with E-state index < -0.39 is 11.9 Å². The molecular formula is C17H22FN5O. The van der Waals surface area contributed by atoms with Gasteiger partial charge in [0, 0.05) is 18.4 Å². The van der Waals surface area contributed by atoms with Crippen LogP contribution in [0.2, 0.25) is 0 Å². The number of hydrogen-bond donors (Lipinski definition) is 2. The van der Waals surface area contributed by atoms with Gasteiger partial charge in [-0.15, -0.1) is 0 Å². The Balaban J connectivity index is 1.74. The number of hydrogen-bond acceptors (Lipinski definition) is 4. The minimum absolute atomic E-state index is 0.0572. The van der Waals surface area contributed by atoms with Gasteiger partial charge in [-0.2, -0.15) is 5.10 Å². The number of halogens is 1. The van der Waals surface area contributed by atoms with Crippen LogP contribution in [0.5, 0.6) is 0 Å². The first-order valence-electron chi connectivity index (χ1n) is 8.18. The molecule has 0 saturated heterocycles. The van der Waals surface area contributed by atoms with Gasteiger partial charge in [-0.25, -0.2) is 14.1 Å². The normalized spacial score (nSPS) is 18.4. The van der Waals surface area contributed by atoms with Crippen LogP contribution in [0.3, 0.4) is 0 Å². The Morgan fingerprint density at radius 1 is 1.38 bits per heavy atom. The molecule has 0 fully saturated rings. The van der Waals surface area contributed by atoms with Crippen molar-refractivity contribution < 1.29 is 9.18 Å². The molecule has 3 N–H and O–H groups in total. The van der Waals surface area contributed by atoms with Gasteiger partial charge in [0.15, 0.2) is 5.82 Å². The van der Waals surface area contributed by atoms with Crippen molar-refractivity contribution >= 4 is 5.91 Å². The number of nitrogens with zero attached hydrogens (tertiary/aromatic N) is 3. The quantitative estimate of drug-likeness (QED) is 0.873. The topological polar surface area (TPSA) is 85.8 Å². The number of rotatable bonds is 5. The van der Waals surface area contributed by atoms with Gasteiger partial charge in [-0.3, -0.25) is 10.1 Å². The van der Waals surface area contributed by atoms with E-state index >= 15 is 0 Å². The highest BCUT2D eigenvalue weighted by atomic mass is 19.1. The number of aromatic nitrogens is 3. The minimum Gasteiger partial charge on any atom is -0.368 e. The molecule has 0 unspecified atom stereocenters. The maximum atomic E-state index is 13.1. The van der Waals surface area contributed by atoms with Crippen molar-refractivity contribution in [1.29, 1.82) is 0 Å². The molecule has 0 aliphatic carbocycles. The highest BCUT2D eigenvalue weighted by molar-refractivity contribution is 5.81. The number of benzene rings is 1. The number of aryl methyl sites for hydroxylation is 1. The standard InChI is InChI=1S/C17H22FN5O/c1-10(2)17-21-14-8-7-13(9-23(14)22-17)20-15(16(19)24)11-3-5-12(18)6-4-11/h3-6,10,13,15,20H,7-9H2,1-2H3,(H2,19,24)/t13-,15+/m0/s1. The molecule has 0 bridgehead atoms. The third-order valence-corrected chi connectivity index (χ3v) is 4.28. The first kappa shape index (κ1) is 16.6. The lowest BCUT2D eigenvalue weighted by atomic mass is 10.0. The third kappa shape index (κ3) is 3.46. The van der Waals surface area contributed by atoms with Crippen molar-refractivity contribution in [2.24, 2.45) is 5.73 Å². The Bertz CT molecular complexity index is 725. The van der Waals surface area contributed by atoms with Crippen LogP contribution in [0, 0.1) is 5.82 Å². The van der Waals surface area contributed by atoms with E-state index in [2.05, 4.69) is 29.2 Å². The fourth-order valence-corrected chi connectivity index (χ4v) is 2.94. The number of carbonyl (C=O) groups is 1. The maximum Gasteiger partial charge on any atom is 0.239 e. The maximum absolute atomic E-state index is 13.1. The predicted octanol–water partition coefficient (Wildman–Crippen LogP) is 1.67. The minimum atomic E-state index is -0.648. The van der Waals surface area contributed by atoms with Crippen molar-refractivity contribution in [2.75, 3.05) is 0 Å². The summed E-state index contributed by atoms with van der Waals surface area (Å²) >= 11 is 0. The van der Waals surface area contributed by atoms with Crippen LogP contribution in [0.4, 0.5) is 4.39 Å². The van der Waals surface area contributed by atoms with Crippen LogP contribution in [0.25, 0.3) is 0 Å². The van der Waals surface area contributed by atoms with E-state index in [0.29, 0.717) is 12.1 Å². The molecule has 2 atom stereocenters. The number of nitrogens with two attached hydrogens (primary N) is 1. The lowest BCUT2D eigenvalue weighted by molar-refractivity contribution is -0.120. The summed E-state index contributed by atoms with van der Waals surface area (Å²) in [6, 6.07) is 5.24. The summed E-state index contributed by atoms with van der Waals surface area (Å²) in [5.74, 6) is 1.29. The van der Waals surface area contributed by atoms with Crippen molar-refractivity contribution in [3.63, 3.8) is 0 Å². The molecule has 1 aromatic heterocycles. The molecule has 3 rings (SSSR count). The van der Waals surface area contributed by atoms with E-state index in [9.17, 15) is 9.18 Å². The largest absolute Gasteiger partial charge is 0.368 e. The summed E-state index contributed by atoms with van der Waals surface area (Å²) in [6.07, 6.45) is 1.65. The van der Waals surface area contributed by atoms with Gasteiger partial charge in [-0.1, -0.05) is 26.0 Å². The fraction of sp³-hybridized carbons (Fsp3) is 0.471. The Morgan fingerprint density at radius 3 is 2.71 bits per heavy atom. The molecule has 128 valence electrons. The lowest BCUT2D eigenvalue weighted by Gasteiger charge is -2.27. The summed E-state index contributed by atoms with van der Waals surface area (Å²) in [6.45, 7) is 4.77. The highest BCUT2D eigenvalue weighted by Gasteiger charge is 2.27. The summed E-state index contributed by atoms with van der Waals surface area (Å²) in [4.78, 5) is 16.4. The fourth-order valence-electron chi connectivity index (χ4n) is 2.94. The molecule has 6 nitrogen and oxygen atoms in total. The SMILES string of the molecule is CC(C)c1nc2n(n1)C[C@@H](N[C@@H](C(N)=O)c1ccc(F)cc1)CC2. The number of carbonyl (C=O) groups excluding carboxylic acids is 1. The van der Waals surface area contributed by atoms with Crippen LogP contribution in [-0.4, -0.2) is 26.7 Å². The number of amides is 1. The Kier molecular flexibility index (Phi) is 4.62. The molecule has 2 heterocycles. The Morgan fingerprint density at radius 2 is 2.08 bits per heavy atom. The average molecular weight is 331 g/mol. The average Bonchev–Trinajstić information content (AvgIpc) is 2.97. The van der Waals surface area contributed by atoms with Gasteiger partial charge in [-0.05, 0) is 24.1 Å². The monoisotopic (exact) mass is 331 g/mol. The molecule has 0 spiro atoms. The van der Waals surface area contributed by atoms with E-state index in [4.69, 9.17) is 5.73 Å². The van der Waals surface area contributed by atoms with Crippen LogP contribution in [0.15, 0.2) is 24.3 Å². The number of nitrogens with one attached hydrogen (secondary N) is 1. The van der Waals surface area contributed by atoms with E-state index in [-0.39, 0.29) is 17.8 Å². The molecule has 1 aliphatic rings. The third-order valence-electron chi connectivity index (χ3n) is 4.28. The molecule has 1 amide bonds. The second kappa shape index (κ2) is 6.68. The first-order valence-corrected chi connectivity index (χ1v) is 8.18. The van der Waals surface area contributed by atoms with Crippen LogP contribution in [-0.2, 0) is 17.8 Å². The van der Waals surface area contributed by atoms with E-state index in [1.165, 1.54) is 12.1 Å². The predicted molar refractivity (Wildman–Crippen MR) is 87.7 cm³/mol. The van der Waals surface area contributed by atoms with Crippen molar-refractivity contribution in [1.82, 2.24) is 20.1 Å². The molecule has 1 aliphatic heterocycles. The van der Waals surface area contributed by atoms with Crippen molar-refractivity contribution in [3.8, 4) is 0 Å². The number of fused-ring (bicyclic) bond motifs is 1. The first-order chi connectivity index (χ1) is 11.4. The Labute approximate surface area is 140 Å². The van der Waals surface area contributed by atoms with E-state index in [1.807, 2.05) is 4.68 Å². The summed E-state index contributed by atoms with van der Waals surface area (Å²) in [7, 11) is 0. The summed E-state index contributed by atoms with van der Waals surface area (Å²) < 4.78 is 15.0. The molecule has 0 saturated carbocycles. The van der Waals surface area contributed by atoms with Crippen LogP contribution in [0.1, 0.15) is 49.4 Å². The van der Waals surface area contributed by atoms with Gasteiger partial charge < -0.3 is 5.73 Å². The molecule has 0 radical (unpaired) electrons. The molecule has 1 aromatic carbocycles. The van der Waals surface area contributed by atoms with E-state index in [1.54, 1.807) is 12.1 Å². The number of primary amides is 1. The van der Waals surface area contributed by atoms with Gasteiger partial charge in [0.05, 0.1) is 6.54 Å². The molecule has 2 aromatic rings. The second-order valence-corrected chi connectivity index (χ2v) is 6.51. The summed E-state index contributed by atoms with van der Waals surface area (Å²) in [5, 5.41) is 7.82. The van der Waals surface area contributed by atoms with Crippen LogP contribution < -0.4 is 11.1 Å². The van der Waals surface area contributed by atoms with Gasteiger partial charge in [0.2, 0.25) is 5.91 Å².